The molecule has 2 saturated heterocycles. The van der Waals surface area contributed by atoms with Gasteiger partial charge in [-0.25, -0.2) is 9.78 Å². The van der Waals surface area contributed by atoms with Crippen LogP contribution < -0.4 is 4.90 Å². The molecule has 3 rings (SSSR count). The minimum atomic E-state index is -0.358. The van der Waals surface area contributed by atoms with Gasteiger partial charge < -0.3 is 14.5 Å². The Morgan fingerprint density at radius 1 is 1.45 bits per heavy atom. The zero-order valence-corrected chi connectivity index (χ0v) is 11.4. The molecule has 0 spiro atoms. The van der Waals surface area contributed by atoms with E-state index in [0.29, 0.717) is 12.0 Å². The summed E-state index contributed by atoms with van der Waals surface area (Å²) in [5, 5.41) is 0. The average Bonchev–Trinajstić information content (AvgIpc) is 2.87. The van der Waals surface area contributed by atoms with Crippen molar-refractivity contribution in [1.82, 2.24) is 9.88 Å². The molecule has 20 heavy (non-hydrogen) atoms. The lowest BCUT2D eigenvalue weighted by Gasteiger charge is -2.38. The number of anilines is 1. The van der Waals surface area contributed by atoms with Crippen LogP contribution >= 0.6 is 0 Å². The van der Waals surface area contributed by atoms with Crippen molar-refractivity contribution in [3.8, 4) is 0 Å². The molecule has 0 saturated carbocycles. The fourth-order valence-electron chi connectivity index (χ4n) is 2.91. The van der Waals surface area contributed by atoms with E-state index in [-0.39, 0.29) is 17.9 Å². The van der Waals surface area contributed by atoms with Crippen LogP contribution in [0.25, 0.3) is 0 Å². The first-order valence-corrected chi connectivity index (χ1v) is 6.78. The van der Waals surface area contributed by atoms with E-state index in [1.54, 1.807) is 18.3 Å². The second-order valence-corrected chi connectivity index (χ2v) is 5.12. The smallest absolute Gasteiger partial charge is 0.338 e. The topological polar surface area (TPSA) is 62.7 Å². The molecule has 2 aliphatic rings. The van der Waals surface area contributed by atoms with Crippen molar-refractivity contribution >= 4 is 17.7 Å². The summed E-state index contributed by atoms with van der Waals surface area (Å²) in [6, 6.07) is 3.67. The number of piperazine rings is 1. The second-order valence-electron chi connectivity index (χ2n) is 5.12. The molecule has 0 N–H and O–H groups in total. The Morgan fingerprint density at radius 3 is 3.10 bits per heavy atom. The van der Waals surface area contributed by atoms with E-state index in [1.165, 1.54) is 7.11 Å². The molecule has 2 fully saturated rings. The van der Waals surface area contributed by atoms with E-state index in [0.717, 1.165) is 31.9 Å². The Balaban J connectivity index is 1.77. The fourth-order valence-corrected chi connectivity index (χ4v) is 2.91. The number of hydrogen-bond donors (Lipinski definition) is 0. The van der Waals surface area contributed by atoms with Crippen molar-refractivity contribution in [3.63, 3.8) is 0 Å². The molecule has 1 aromatic rings. The quantitative estimate of drug-likeness (QED) is 0.743. The van der Waals surface area contributed by atoms with Gasteiger partial charge in [-0.1, -0.05) is 0 Å². The third-order valence-electron chi connectivity index (χ3n) is 3.99. The van der Waals surface area contributed by atoms with Gasteiger partial charge in [-0.15, -0.1) is 0 Å². The van der Waals surface area contributed by atoms with Gasteiger partial charge in [0.25, 0.3) is 0 Å². The first-order chi connectivity index (χ1) is 9.69. The summed E-state index contributed by atoms with van der Waals surface area (Å²) < 4.78 is 4.72. The monoisotopic (exact) mass is 275 g/mol. The van der Waals surface area contributed by atoms with Crippen LogP contribution in [-0.4, -0.2) is 54.5 Å². The lowest BCUT2D eigenvalue weighted by Crippen LogP contribution is -2.51. The number of carbonyl (C=O) groups is 2. The molecular weight excluding hydrogens is 258 g/mol. The minimum Gasteiger partial charge on any atom is -0.465 e. The maximum atomic E-state index is 11.7. The molecule has 2 aliphatic heterocycles. The second kappa shape index (κ2) is 5.11. The lowest BCUT2D eigenvalue weighted by molar-refractivity contribution is -0.129. The van der Waals surface area contributed by atoms with Gasteiger partial charge in [0.15, 0.2) is 0 Å². The summed E-state index contributed by atoms with van der Waals surface area (Å²) in [6.07, 6.45) is 3.17. The molecule has 0 aliphatic carbocycles. The van der Waals surface area contributed by atoms with Crippen LogP contribution in [0.2, 0.25) is 0 Å². The summed E-state index contributed by atoms with van der Waals surface area (Å²) in [5.74, 6) is 0.668. The van der Waals surface area contributed by atoms with Crippen LogP contribution in [0.4, 0.5) is 5.82 Å². The number of aromatic nitrogens is 1. The number of esters is 1. The number of methoxy groups -OCH3 is 1. The molecule has 6 heteroatoms. The van der Waals surface area contributed by atoms with E-state index in [2.05, 4.69) is 9.88 Å². The standard InChI is InChI=1S/C14H17N3O3/c1-20-14(19)10-4-5-15-12(8-10)16-6-7-17-11(9-16)2-3-13(17)18/h4-5,8,11H,2-3,6-7,9H2,1H3. The minimum absolute atomic E-state index is 0.255. The number of rotatable bonds is 2. The molecule has 0 radical (unpaired) electrons. The number of amides is 1. The molecule has 3 heterocycles. The largest absolute Gasteiger partial charge is 0.465 e. The predicted molar refractivity (Wildman–Crippen MR) is 72.5 cm³/mol. The summed E-state index contributed by atoms with van der Waals surface area (Å²) in [6.45, 7) is 2.26. The number of fused-ring (bicyclic) bond motifs is 1. The first kappa shape index (κ1) is 12.9. The van der Waals surface area contributed by atoms with Crippen molar-refractivity contribution in [1.29, 1.82) is 0 Å². The van der Waals surface area contributed by atoms with Crippen molar-refractivity contribution < 1.29 is 14.3 Å². The molecule has 1 amide bonds. The molecule has 0 bridgehead atoms. The van der Waals surface area contributed by atoms with Gasteiger partial charge in [-0.2, -0.15) is 0 Å². The molecule has 0 aromatic carbocycles. The van der Waals surface area contributed by atoms with Gasteiger partial charge in [-0.05, 0) is 18.6 Å². The summed E-state index contributed by atoms with van der Waals surface area (Å²) >= 11 is 0. The number of carbonyl (C=O) groups excluding carboxylic acids is 2. The molecule has 106 valence electrons. The summed E-state index contributed by atoms with van der Waals surface area (Å²) in [5.41, 5.74) is 0.502. The Morgan fingerprint density at radius 2 is 2.30 bits per heavy atom. The lowest BCUT2D eigenvalue weighted by atomic mass is 10.1. The van der Waals surface area contributed by atoms with E-state index in [9.17, 15) is 9.59 Å². The van der Waals surface area contributed by atoms with E-state index < -0.39 is 0 Å². The van der Waals surface area contributed by atoms with Crippen LogP contribution in [0.15, 0.2) is 18.3 Å². The highest BCUT2D eigenvalue weighted by Crippen LogP contribution is 2.25. The van der Waals surface area contributed by atoms with Crippen molar-refractivity contribution in [3.05, 3.63) is 23.9 Å². The van der Waals surface area contributed by atoms with Gasteiger partial charge in [0.2, 0.25) is 5.91 Å². The van der Waals surface area contributed by atoms with E-state index in [4.69, 9.17) is 4.74 Å². The number of nitrogens with zero attached hydrogens (tertiary/aromatic N) is 3. The Labute approximate surface area is 117 Å². The van der Waals surface area contributed by atoms with Crippen molar-refractivity contribution in [2.45, 2.75) is 18.9 Å². The summed E-state index contributed by atoms with van der Waals surface area (Å²) in [7, 11) is 1.37. The van der Waals surface area contributed by atoms with Gasteiger partial charge in [0.05, 0.1) is 12.7 Å². The highest BCUT2D eigenvalue weighted by atomic mass is 16.5. The van der Waals surface area contributed by atoms with Gasteiger partial charge >= 0.3 is 5.97 Å². The SMILES string of the molecule is COC(=O)c1ccnc(N2CCN3C(=O)CCC3C2)c1. The molecule has 1 unspecified atom stereocenters. The molecule has 1 atom stereocenters. The Bertz CT molecular complexity index is 546. The van der Waals surface area contributed by atoms with Crippen molar-refractivity contribution in [2.24, 2.45) is 0 Å². The highest BCUT2D eigenvalue weighted by Gasteiger charge is 2.35. The number of hydrogen-bond acceptors (Lipinski definition) is 5. The van der Waals surface area contributed by atoms with E-state index in [1.807, 2.05) is 4.90 Å². The van der Waals surface area contributed by atoms with Crippen molar-refractivity contribution in [2.75, 3.05) is 31.6 Å². The third-order valence-corrected chi connectivity index (χ3v) is 3.99. The molecule has 6 nitrogen and oxygen atoms in total. The maximum Gasteiger partial charge on any atom is 0.338 e. The van der Waals surface area contributed by atoms with Gasteiger partial charge in [0.1, 0.15) is 5.82 Å². The Hall–Kier alpha value is -2.11. The number of ether oxygens (including phenoxy) is 1. The normalized spacial score (nSPS) is 21.9. The van der Waals surface area contributed by atoms with Crippen LogP contribution in [0.1, 0.15) is 23.2 Å². The van der Waals surface area contributed by atoms with Crippen LogP contribution in [-0.2, 0) is 9.53 Å². The number of pyridine rings is 1. The third kappa shape index (κ3) is 2.21. The van der Waals surface area contributed by atoms with E-state index >= 15 is 0 Å². The van der Waals surface area contributed by atoms with Crippen LogP contribution in [0.5, 0.6) is 0 Å². The molecule has 1 aromatic heterocycles. The zero-order valence-electron chi connectivity index (χ0n) is 11.4. The Kier molecular flexibility index (Phi) is 3.30. The first-order valence-electron chi connectivity index (χ1n) is 6.78. The summed E-state index contributed by atoms with van der Waals surface area (Å²) in [4.78, 5) is 31.6. The maximum absolute atomic E-state index is 11.7. The molecular formula is C14H17N3O3. The van der Waals surface area contributed by atoms with Gasteiger partial charge in [-0.3, -0.25) is 4.79 Å². The average molecular weight is 275 g/mol. The van der Waals surface area contributed by atoms with Crippen LogP contribution in [0, 0.1) is 0 Å². The predicted octanol–water partition coefficient (Wildman–Crippen LogP) is 0.679. The fraction of sp³-hybridized carbons (Fsp3) is 0.500. The zero-order chi connectivity index (χ0) is 14.1. The van der Waals surface area contributed by atoms with Gasteiger partial charge in [0, 0.05) is 38.3 Å². The highest BCUT2D eigenvalue weighted by molar-refractivity contribution is 5.90. The van der Waals surface area contributed by atoms with Crippen LogP contribution in [0.3, 0.4) is 0 Å².